The standard InChI is InChI=1S/C13H19N/c1-11(2)10-14-9-8-13-7-5-4-6-12(13)3/h4-7,14H,1,8-10H2,2-3H3. The monoisotopic (exact) mass is 189 g/mol. The minimum atomic E-state index is 0.923. The molecule has 1 aromatic rings. The highest BCUT2D eigenvalue weighted by atomic mass is 14.8. The van der Waals surface area contributed by atoms with Gasteiger partial charge in [-0.15, -0.1) is 0 Å². The van der Waals surface area contributed by atoms with Crippen molar-refractivity contribution in [2.75, 3.05) is 13.1 Å². The van der Waals surface area contributed by atoms with Crippen LogP contribution in [0.25, 0.3) is 0 Å². The van der Waals surface area contributed by atoms with Gasteiger partial charge in [-0.2, -0.15) is 0 Å². The minimum Gasteiger partial charge on any atom is -0.313 e. The summed E-state index contributed by atoms with van der Waals surface area (Å²) in [6, 6.07) is 8.53. The van der Waals surface area contributed by atoms with E-state index >= 15 is 0 Å². The Morgan fingerprint density at radius 3 is 2.71 bits per heavy atom. The molecular formula is C13H19N. The number of rotatable bonds is 5. The van der Waals surface area contributed by atoms with Gasteiger partial charge in [0.2, 0.25) is 0 Å². The van der Waals surface area contributed by atoms with Crippen molar-refractivity contribution < 1.29 is 0 Å². The lowest BCUT2D eigenvalue weighted by molar-refractivity contribution is 0.727. The number of hydrogen-bond donors (Lipinski definition) is 1. The van der Waals surface area contributed by atoms with E-state index in [0.29, 0.717) is 0 Å². The Kier molecular flexibility index (Phi) is 4.41. The van der Waals surface area contributed by atoms with Gasteiger partial charge in [-0.1, -0.05) is 36.4 Å². The first-order chi connectivity index (χ1) is 6.70. The van der Waals surface area contributed by atoms with Crippen LogP contribution in [-0.4, -0.2) is 13.1 Å². The van der Waals surface area contributed by atoms with Crippen LogP contribution >= 0.6 is 0 Å². The van der Waals surface area contributed by atoms with Gasteiger partial charge in [-0.05, 0) is 37.9 Å². The maximum absolute atomic E-state index is 3.85. The average Bonchev–Trinajstić information content (AvgIpc) is 2.15. The molecule has 1 N–H and O–H groups in total. The van der Waals surface area contributed by atoms with Crippen LogP contribution in [0.5, 0.6) is 0 Å². The lowest BCUT2D eigenvalue weighted by atomic mass is 10.1. The van der Waals surface area contributed by atoms with Gasteiger partial charge in [0.15, 0.2) is 0 Å². The Balaban J connectivity index is 2.31. The lowest BCUT2D eigenvalue weighted by Gasteiger charge is -2.06. The van der Waals surface area contributed by atoms with E-state index in [1.54, 1.807) is 0 Å². The first-order valence-electron chi connectivity index (χ1n) is 5.10. The van der Waals surface area contributed by atoms with Crippen LogP contribution in [0.15, 0.2) is 36.4 Å². The van der Waals surface area contributed by atoms with E-state index in [1.165, 1.54) is 16.7 Å². The van der Waals surface area contributed by atoms with Crippen LogP contribution in [0.2, 0.25) is 0 Å². The molecule has 0 spiro atoms. The molecule has 0 amide bonds. The molecule has 0 aromatic heterocycles. The van der Waals surface area contributed by atoms with Crippen LogP contribution in [0.4, 0.5) is 0 Å². The van der Waals surface area contributed by atoms with Crippen LogP contribution < -0.4 is 5.32 Å². The molecule has 0 fully saturated rings. The van der Waals surface area contributed by atoms with Gasteiger partial charge >= 0.3 is 0 Å². The van der Waals surface area contributed by atoms with Gasteiger partial charge in [0.25, 0.3) is 0 Å². The van der Waals surface area contributed by atoms with Crippen molar-refractivity contribution in [1.29, 1.82) is 0 Å². The minimum absolute atomic E-state index is 0.923. The van der Waals surface area contributed by atoms with Crippen LogP contribution in [0.3, 0.4) is 0 Å². The van der Waals surface area contributed by atoms with Gasteiger partial charge in [0, 0.05) is 6.54 Å². The van der Waals surface area contributed by atoms with Crippen molar-refractivity contribution in [3.8, 4) is 0 Å². The summed E-state index contributed by atoms with van der Waals surface area (Å²) in [6.07, 6.45) is 1.10. The Labute approximate surface area is 86.8 Å². The van der Waals surface area contributed by atoms with Crippen molar-refractivity contribution in [2.45, 2.75) is 20.3 Å². The molecule has 14 heavy (non-hydrogen) atoms. The molecule has 1 aromatic carbocycles. The summed E-state index contributed by atoms with van der Waals surface area (Å²) in [5.41, 5.74) is 4.00. The zero-order chi connectivity index (χ0) is 10.4. The Morgan fingerprint density at radius 2 is 2.07 bits per heavy atom. The van der Waals surface area contributed by atoms with Gasteiger partial charge < -0.3 is 5.32 Å². The molecule has 0 heterocycles. The van der Waals surface area contributed by atoms with Crippen LogP contribution in [0, 0.1) is 6.92 Å². The highest BCUT2D eigenvalue weighted by Crippen LogP contribution is 2.06. The lowest BCUT2D eigenvalue weighted by Crippen LogP contribution is -2.19. The first-order valence-corrected chi connectivity index (χ1v) is 5.10. The summed E-state index contributed by atoms with van der Waals surface area (Å²) in [4.78, 5) is 0. The Hall–Kier alpha value is -1.08. The molecule has 0 radical (unpaired) electrons. The Morgan fingerprint density at radius 1 is 1.36 bits per heavy atom. The summed E-state index contributed by atoms with van der Waals surface area (Å²) >= 11 is 0. The Bertz CT molecular complexity index is 302. The van der Waals surface area contributed by atoms with E-state index in [0.717, 1.165) is 19.5 Å². The third-order valence-electron chi connectivity index (χ3n) is 2.26. The fourth-order valence-electron chi connectivity index (χ4n) is 1.42. The molecule has 1 heteroatoms. The fourth-order valence-corrected chi connectivity index (χ4v) is 1.42. The number of aryl methyl sites for hydroxylation is 1. The molecule has 1 rings (SSSR count). The van der Waals surface area contributed by atoms with E-state index in [1.807, 2.05) is 6.92 Å². The maximum Gasteiger partial charge on any atom is 0.0159 e. The molecule has 0 saturated carbocycles. The van der Waals surface area contributed by atoms with Crippen LogP contribution in [-0.2, 0) is 6.42 Å². The zero-order valence-electron chi connectivity index (χ0n) is 9.14. The zero-order valence-corrected chi connectivity index (χ0v) is 9.14. The molecule has 0 aliphatic carbocycles. The van der Waals surface area contributed by atoms with E-state index in [4.69, 9.17) is 0 Å². The predicted molar refractivity (Wildman–Crippen MR) is 62.6 cm³/mol. The number of hydrogen-bond acceptors (Lipinski definition) is 1. The molecule has 0 saturated heterocycles. The van der Waals surface area contributed by atoms with Gasteiger partial charge in [0.1, 0.15) is 0 Å². The maximum atomic E-state index is 3.85. The third kappa shape index (κ3) is 3.75. The summed E-state index contributed by atoms with van der Waals surface area (Å²) in [5, 5.41) is 3.36. The summed E-state index contributed by atoms with van der Waals surface area (Å²) in [6.45, 7) is 10.0. The number of benzene rings is 1. The van der Waals surface area contributed by atoms with Crippen molar-refractivity contribution in [3.63, 3.8) is 0 Å². The quantitative estimate of drug-likeness (QED) is 0.554. The van der Waals surface area contributed by atoms with Crippen molar-refractivity contribution in [2.24, 2.45) is 0 Å². The molecule has 0 unspecified atom stereocenters. The van der Waals surface area contributed by atoms with Crippen LogP contribution in [0.1, 0.15) is 18.1 Å². The number of nitrogens with one attached hydrogen (secondary N) is 1. The largest absolute Gasteiger partial charge is 0.313 e. The van der Waals surface area contributed by atoms with E-state index < -0.39 is 0 Å². The highest BCUT2D eigenvalue weighted by Gasteiger charge is 1.95. The van der Waals surface area contributed by atoms with E-state index in [2.05, 4.69) is 43.1 Å². The summed E-state index contributed by atoms with van der Waals surface area (Å²) < 4.78 is 0. The molecule has 0 aliphatic heterocycles. The molecule has 0 aliphatic rings. The molecule has 0 bridgehead atoms. The fraction of sp³-hybridized carbons (Fsp3) is 0.385. The normalized spacial score (nSPS) is 10.1. The second-order valence-electron chi connectivity index (χ2n) is 3.81. The van der Waals surface area contributed by atoms with E-state index in [-0.39, 0.29) is 0 Å². The molecule has 76 valence electrons. The predicted octanol–water partition coefficient (Wildman–Crippen LogP) is 2.70. The van der Waals surface area contributed by atoms with Gasteiger partial charge in [-0.25, -0.2) is 0 Å². The molecule has 1 nitrogen and oxygen atoms in total. The third-order valence-corrected chi connectivity index (χ3v) is 2.26. The second kappa shape index (κ2) is 5.61. The molecule has 0 atom stereocenters. The van der Waals surface area contributed by atoms with Crippen molar-refractivity contribution in [1.82, 2.24) is 5.32 Å². The van der Waals surface area contributed by atoms with Crippen molar-refractivity contribution >= 4 is 0 Å². The van der Waals surface area contributed by atoms with E-state index in [9.17, 15) is 0 Å². The topological polar surface area (TPSA) is 12.0 Å². The summed E-state index contributed by atoms with van der Waals surface area (Å²) in [7, 11) is 0. The smallest absolute Gasteiger partial charge is 0.0159 e. The van der Waals surface area contributed by atoms with Gasteiger partial charge in [0.05, 0.1) is 0 Å². The first kappa shape index (κ1) is 11.0. The highest BCUT2D eigenvalue weighted by molar-refractivity contribution is 5.25. The second-order valence-corrected chi connectivity index (χ2v) is 3.81. The average molecular weight is 189 g/mol. The SMILES string of the molecule is C=C(C)CNCCc1ccccc1C. The van der Waals surface area contributed by atoms with Gasteiger partial charge in [-0.3, -0.25) is 0 Å². The van der Waals surface area contributed by atoms with Crippen molar-refractivity contribution in [3.05, 3.63) is 47.5 Å². The molecular weight excluding hydrogens is 170 g/mol. The summed E-state index contributed by atoms with van der Waals surface area (Å²) in [5.74, 6) is 0.